The van der Waals surface area contributed by atoms with Crippen molar-refractivity contribution in [2.75, 3.05) is 39.5 Å². The van der Waals surface area contributed by atoms with Crippen molar-refractivity contribution < 1.29 is 23.9 Å². The quantitative estimate of drug-likeness (QED) is 0.408. The first-order valence-electron chi connectivity index (χ1n) is 11.2. The summed E-state index contributed by atoms with van der Waals surface area (Å²) in [5.74, 6) is -0.432. The molecule has 172 valence electrons. The number of benzene rings is 1. The molecule has 7 heteroatoms. The Balaban J connectivity index is 1.80. The molecule has 0 aromatic heterocycles. The zero-order valence-corrected chi connectivity index (χ0v) is 19.0. The molecule has 7 nitrogen and oxygen atoms in total. The lowest BCUT2D eigenvalue weighted by atomic mass is 9.95. The fourth-order valence-corrected chi connectivity index (χ4v) is 3.82. The average Bonchev–Trinajstić information content (AvgIpc) is 2.77. The minimum Gasteiger partial charge on any atom is -0.462 e. The smallest absolute Gasteiger partial charge is 0.338 e. The molecule has 2 aliphatic heterocycles. The molecule has 1 amide bonds. The van der Waals surface area contributed by atoms with Crippen LogP contribution < -0.4 is 0 Å². The van der Waals surface area contributed by atoms with Crippen molar-refractivity contribution in [3.63, 3.8) is 0 Å². The van der Waals surface area contributed by atoms with E-state index in [1.807, 2.05) is 44.2 Å². The van der Waals surface area contributed by atoms with E-state index in [1.54, 1.807) is 4.90 Å². The maximum absolute atomic E-state index is 12.8. The Kier molecular flexibility index (Phi) is 9.04. The standard InChI is InChI=1S/C25H32N2O5/c1-19-15-20(2)24-21(16-19)17-22(9-7-5-3-4-6-8-12-31-25(24)29)26-32-18-23(28)27-10-13-30-14-11-27/h4,6-7,9,15-16H,3,5,8,10-14,17-18H2,1-2H3/b6-4+,9-7+,26-22+. The molecule has 1 aromatic carbocycles. The monoisotopic (exact) mass is 440 g/mol. The summed E-state index contributed by atoms with van der Waals surface area (Å²) in [5, 5.41) is 4.25. The van der Waals surface area contributed by atoms with Crippen molar-refractivity contribution in [3.05, 3.63) is 58.7 Å². The SMILES string of the molecule is Cc1cc(C)c2c(c1)CC(=N/OCC(=O)N1CCOCC1)/C=C/CC/C=C/CCOC2=O. The summed E-state index contributed by atoms with van der Waals surface area (Å²) in [6.45, 7) is 6.37. The minimum atomic E-state index is -0.324. The molecule has 3 rings (SSSR count). The number of fused-ring (bicyclic) bond motifs is 1. The average molecular weight is 441 g/mol. The van der Waals surface area contributed by atoms with Crippen LogP contribution in [0, 0.1) is 13.8 Å². The third-order valence-electron chi connectivity index (χ3n) is 5.37. The number of hydrogen-bond acceptors (Lipinski definition) is 6. The van der Waals surface area contributed by atoms with Gasteiger partial charge in [-0.05, 0) is 50.3 Å². The fourth-order valence-electron chi connectivity index (χ4n) is 3.82. The first-order valence-corrected chi connectivity index (χ1v) is 11.2. The summed E-state index contributed by atoms with van der Waals surface area (Å²) < 4.78 is 10.8. The molecule has 1 fully saturated rings. The molecule has 1 aromatic rings. The van der Waals surface area contributed by atoms with Gasteiger partial charge in [-0.3, -0.25) is 4.79 Å². The van der Waals surface area contributed by atoms with Gasteiger partial charge in [-0.2, -0.15) is 0 Å². The second kappa shape index (κ2) is 12.2. The highest BCUT2D eigenvalue weighted by Crippen LogP contribution is 2.20. The van der Waals surface area contributed by atoms with E-state index in [0.29, 0.717) is 57.0 Å². The second-order valence-corrected chi connectivity index (χ2v) is 8.02. The number of carbonyl (C=O) groups is 2. The molecule has 32 heavy (non-hydrogen) atoms. The van der Waals surface area contributed by atoms with Crippen molar-refractivity contribution in [2.24, 2.45) is 5.16 Å². The van der Waals surface area contributed by atoms with Gasteiger partial charge in [0.15, 0.2) is 6.61 Å². The van der Waals surface area contributed by atoms with Crippen LogP contribution in [0.15, 0.2) is 41.6 Å². The summed E-state index contributed by atoms with van der Waals surface area (Å²) >= 11 is 0. The molecular formula is C25H32N2O5. The Hall–Kier alpha value is -2.93. The van der Waals surface area contributed by atoms with Crippen molar-refractivity contribution in [3.8, 4) is 0 Å². The zero-order valence-electron chi connectivity index (χ0n) is 19.0. The lowest BCUT2D eigenvalue weighted by Gasteiger charge is -2.26. The van der Waals surface area contributed by atoms with Crippen LogP contribution in [0.25, 0.3) is 0 Å². The Morgan fingerprint density at radius 2 is 1.81 bits per heavy atom. The van der Waals surface area contributed by atoms with Crippen LogP contribution in [-0.2, 0) is 25.5 Å². The number of cyclic esters (lactones) is 1. The van der Waals surface area contributed by atoms with E-state index in [2.05, 4.69) is 11.2 Å². The lowest BCUT2D eigenvalue weighted by Crippen LogP contribution is -2.42. The first kappa shape index (κ1) is 23.7. The van der Waals surface area contributed by atoms with E-state index in [9.17, 15) is 9.59 Å². The van der Waals surface area contributed by atoms with Crippen molar-refractivity contribution in [2.45, 2.75) is 39.5 Å². The molecule has 2 heterocycles. The maximum Gasteiger partial charge on any atom is 0.338 e. The number of amides is 1. The van der Waals surface area contributed by atoms with Gasteiger partial charge in [0.1, 0.15) is 0 Å². The summed E-state index contributed by atoms with van der Waals surface area (Å²) in [4.78, 5) is 32.3. The summed E-state index contributed by atoms with van der Waals surface area (Å²) in [6, 6.07) is 3.96. The number of morpholine rings is 1. The van der Waals surface area contributed by atoms with Gasteiger partial charge in [0.25, 0.3) is 5.91 Å². The van der Waals surface area contributed by atoms with Crippen LogP contribution in [0.3, 0.4) is 0 Å². The molecule has 0 atom stereocenters. The lowest BCUT2D eigenvalue weighted by molar-refractivity contribution is -0.140. The summed E-state index contributed by atoms with van der Waals surface area (Å²) in [6.07, 6.45) is 10.9. The molecule has 0 unspecified atom stereocenters. The van der Waals surface area contributed by atoms with Gasteiger partial charge < -0.3 is 19.2 Å². The second-order valence-electron chi connectivity index (χ2n) is 8.02. The van der Waals surface area contributed by atoms with Crippen molar-refractivity contribution in [1.29, 1.82) is 0 Å². The van der Waals surface area contributed by atoms with Gasteiger partial charge in [-0.25, -0.2) is 4.79 Å². The minimum absolute atomic E-state index is 0.108. The highest BCUT2D eigenvalue weighted by molar-refractivity contribution is 6.00. The molecule has 0 N–H and O–H groups in total. The number of esters is 1. The van der Waals surface area contributed by atoms with E-state index in [1.165, 1.54) is 0 Å². The number of ether oxygens (including phenoxy) is 2. The van der Waals surface area contributed by atoms with Crippen LogP contribution in [0.5, 0.6) is 0 Å². The number of aryl methyl sites for hydroxylation is 2. The molecule has 2 aliphatic rings. The molecular weight excluding hydrogens is 408 g/mol. The highest BCUT2D eigenvalue weighted by atomic mass is 16.6. The molecule has 0 radical (unpaired) electrons. The third-order valence-corrected chi connectivity index (χ3v) is 5.37. The van der Waals surface area contributed by atoms with Gasteiger partial charge in [0.05, 0.1) is 31.1 Å². The van der Waals surface area contributed by atoms with Gasteiger partial charge >= 0.3 is 5.97 Å². The fraction of sp³-hybridized carbons (Fsp3) is 0.480. The first-order chi connectivity index (χ1) is 15.5. The van der Waals surface area contributed by atoms with Crippen LogP contribution in [-0.4, -0.2) is 62.0 Å². The molecule has 1 saturated heterocycles. The van der Waals surface area contributed by atoms with Crippen molar-refractivity contribution >= 4 is 17.6 Å². The Labute approximate surface area is 189 Å². The van der Waals surface area contributed by atoms with Gasteiger partial charge in [-0.1, -0.05) is 41.1 Å². The molecule has 0 aliphatic carbocycles. The molecule has 0 saturated carbocycles. The topological polar surface area (TPSA) is 77.4 Å². The molecule has 0 spiro atoms. The maximum atomic E-state index is 12.8. The van der Waals surface area contributed by atoms with Crippen LogP contribution in [0.2, 0.25) is 0 Å². The van der Waals surface area contributed by atoms with Gasteiger partial charge in [-0.15, -0.1) is 0 Å². The van der Waals surface area contributed by atoms with Gasteiger partial charge in [0.2, 0.25) is 0 Å². The van der Waals surface area contributed by atoms with E-state index in [4.69, 9.17) is 14.3 Å². The van der Waals surface area contributed by atoms with Crippen LogP contribution >= 0.6 is 0 Å². The Bertz CT molecular complexity index is 898. The predicted molar refractivity (Wildman–Crippen MR) is 123 cm³/mol. The van der Waals surface area contributed by atoms with Crippen LogP contribution in [0.1, 0.15) is 46.3 Å². The number of carbonyl (C=O) groups excluding carboxylic acids is 2. The predicted octanol–water partition coefficient (Wildman–Crippen LogP) is 3.53. The number of allylic oxidation sites excluding steroid dienone is 3. The number of oxime groups is 1. The number of nitrogens with zero attached hydrogens (tertiary/aromatic N) is 2. The zero-order chi connectivity index (χ0) is 22.8. The number of rotatable bonds is 3. The van der Waals surface area contributed by atoms with E-state index < -0.39 is 0 Å². The normalized spacial score (nSPS) is 21.2. The van der Waals surface area contributed by atoms with E-state index >= 15 is 0 Å². The largest absolute Gasteiger partial charge is 0.462 e. The summed E-state index contributed by atoms with van der Waals surface area (Å²) in [7, 11) is 0. The Morgan fingerprint density at radius 3 is 2.62 bits per heavy atom. The summed E-state index contributed by atoms with van der Waals surface area (Å²) in [5.41, 5.74) is 4.00. The highest BCUT2D eigenvalue weighted by Gasteiger charge is 2.19. The number of hydrogen-bond donors (Lipinski definition) is 0. The van der Waals surface area contributed by atoms with Crippen molar-refractivity contribution in [1.82, 2.24) is 4.90 Å². The molecule has 0 bridgehead atoms. The third kappa shape index (κ3) is 7.05. The van der Waals surface area contributed by atoms with E-state index in [-0.39, 0.29) is 18.5 Å². The van der Waals surface area contributed by atoms with Gasteiger partial charge in [0, 0.05) is 19.5 Å². The van der Waals surface area contributed by atoms with E-state index in [0.717, 1.165) is 29.5 Å². The Morgan fingerprint density at radius 1 is 1.06 bits per heavy atom. The van der Waals surface area contributed by atoms with Crippen LogP contribution in [0.4, 0.5) is 0 Å².